The van der Waals surface area contributed by atoms with E-state index >= 15 is 0 Å². The predicted molar refractivity (Wildman–Crippen MR) is 121 cm³/mol. The van der Waals surface area contributed by atoms with Crippen molar-refractivity contribution in [3.63, 3.8) is 0 Å². The van der Waals surface area contributed by atoms with Crippen LogP contribution in [0.2, 0.25) is 0 Å². The summed E-state index contributed by atoms with van der Waals surface area (Å²) in [5.41, 5.74) is 2.16. The van der Waals surface area contributed by atoms with Crippen molar-refractivity contribution in [1.82, 2.24) is 9.55 Å². The van der Waals surface area contributed by atoms with E-state index < -0.39 is 0 Å². The first-order chi connectivity index (χ1) is 14.8. The first kappa shape index (κ1) is 22.0. The maximum atomic E-state index is 12.5. The molecular formula is C26H36N2O3. The molecule has 0 amide bonds. The second-order valence-corrected chi connectivity index (χ2v) is 10.1. The molecule has 2 fully saturated rings. The molecule has 1 heterocycles. The average Bonchev–Trinajstić information content (AvgIpc) is 3.25. The van der Waals surface area contributed by atoms with Crippen LogP contribution in [-0.2, 0) is 21.4 Å². The maximum absolute atomic E-state index is 12.5. The van der Waals surface area contributed by atoms with E-state index in [1.807, 2.05) is 35.9 Å². The fraction of sp³-hybridized carbons (Fsp3) is 0.654. The van der Waals surface area contributed by atoms with E-state index in [1.165, 1.54) is 19.8 Å². The molecule has 2 aliphatic carbocycles. The van der Waals surface area contributed by atoms with E-state index in [9.17, 15) is 9.59 Å². The molecule has 0 radical (unpaired) electrons. The molecule has 2 saturated carbocycles. The predicted octanol–water partition coefficient (Wildman–Crippen LogP) is 5.77. The third-order valence-corrected chi connectivity index (χ3v) is 8.17. The molecule has 2 unspecified atom stereocenters. The Bertz CT molecular complexity index is 965. The Morgan fingerprint density at radius 2 is 2.06 bits per heavy atom. The SMILES string of the molecule is CC(=O)OC(CCCC(C)[C@H]1CC[C@H]2C(=O)CCC[C@]12C)c1nc2ccccc2n1C. The Labute approximate surface area is 185 Å². The van der Waals surface area contributed by atoms with E-state index in [2.05, 4.69) is 13.8 Å². The lowest BCUT2D eigenvalue weighted by molar-refractivity contribution is -0.147. The molecule has 168 valence electrons. The number of carbonyl (C=O) groups excluding carboxylic acids is 2. The Morgan fingerprint density at radius 3 is 2.81 bits per heavy atom. The Morgan fingerprint density at radius 1 is 1.29 bits per heavy atom. The van der Waals surface area contributed by atoms with Crippen molar-refractivity contribution in [1.29, 1.82) is 0 Å². The van der Waals surface area contributed by atoms with Crippen molar-refractivity contribution in [2.24, 2.45) is 30.2 Å². The van der Waals surface area contributed by atoms with Crippen LogP contribution in [0.1, 0.15) is 84.1 Å². The number of aryl methyl sites for hydroxylation is 1. The molecule has 0 spiro atoms. The van der Waals surface area contributed by atoms with Gasteiger partial charge >= 0.3 is 5.97 Å². The number of carbonyl (C=O) groups is 2. The molecule has 0 N–H and O–H groups in total. The summed E-state index contributed by atoms with van der Waals surface area (Å²) in [6.45, 7) is 6.19. The molecule has 1 aromatic heterocycles. The lowest BCUT2D eigenvalue weighted by Gasteiger charge is -2.42. The number of esters is 1. The summed E-state index contributed by atoms with van der Waals surface area (Å²) in [5.74, 6) is 2.51. The number of benzene rings is 1. The topological polar surface area (TPSA) is 61.2 Å². The zero-order chi connectivity index (χ0) is 22.2. The van der Waals surface area contributed by atoms with E-state index in [1.54, 1.807) is 0 Å². The lowest BCUT2D eigenvalue weighted by Crippen LogP contribution is -2.39. The van der Waals surface area contributed by atoms with Crippen LogP contribution in [0.15, 0.2) is 24.3 Å². The van der Waals surface area contributed by atoms with Crippen LogP contribution in [0.5, 0.6) is 0 Å². The quantitative estimate of drug-likeness (QED) is 0.529. The van der Waals surface area contributed by atoms with Gasteiger partial charge in [0.1, 0.15) is 5.78 Å². The number of rotatable bonds is 7. The first-order valence-electron chi connectivity index (χ1n) is 11.9. The summed E-state index contributed by atoms with van der Waals surface area (Å²) in [6.07, 6.45) is 7.77. The number of nitrogens with zero attached hydrogens (tertiary/aromatic N) is 2. The molecule has 5 nitrogen and oxygen atoms in total. The molecule has 2 aromatic rings. The van der Waals surface area contributed by atoms with Crippen LogP contribution in [0, 0.1) is 23.2 Å². The molecule has 5 heteroatoms. The number of Topliss-reactive ketones (excluding diaryl/α,β-unsaturated/α-hetero) is 1. The highest BCUT2D eigenvalue weighted by Gasteiger charge is 2.52. The molecule has 5 atom stereocenters. The van der Waals surface area contributed by atoms with Gasteiger partial charge in [0.15, 0.2) is 11.9 Å². The number of ether oxygens (including phenoxy) is 1. The van der Waals surface area contributed by atoms with E-state index in [4.69, 9.17) is 9.72 Å². The van der Waals surface area contributed by atoms with Gasteiger partial charge in [-0.1, -0.05) is 32.4 Å². The molecule has 2 aliphatic rings. The van der Waals surface area contributed by atoms with Crippen molar-refractivity contribution >= 4 is 22.8 Å². The van der Waals surface area contributed by atoms with Crippen molar-refractivity contribution in [3.8, 4) is 0 Å². The second-order valence-electron chi connectivity index (χ2n) is 10.1. The van der Waals surface area contributed by atoms with Crippen molar-refractivity contribution < 1.29 is 14.3 Å². The van der Waals surface area contributed by atoms with Gasteiger partial charge in [0.05, 0.1) is 11.0 Å². The Kier molecular flexibility index (Phi) is 6.23. The molecule has 0 saturated heterocycles. The third kappa shape index (κ3) is 4.16. The normalized spacial score (nSPS) is 27.8. The number of para-hydroxylation sites is 2. The molecule has 31 heavy (non-hydrogen) atoms. The van der Waals surface area contributed by atoms with Crippen molar-refractivity contribution in [2.45, 2.75) is 78.2 Å². The number of ketones is 1. The van der Waals surface area contributed by atoms with Gasteiger partial charge < -0.3 is 9.30 Å². The van der Waals surface area contributed by atoms with E-state index in [0.29, 0.717) is 17.6 Å². The first-order valence-corrected chi connectivity index (χ1v) is 11.9. The highest BCUT2D eigenvalue weighted by Crippen LogP contribution is 2.57. The highest BCUT2D eigenvalue weighted by molar-refractivity contribution is 5.83. The molecule has 1 aromatic carbocycles. The summed E-state index contributed by atoms with van der Waals surface area (Å²) in [4.78, 5) is 29.0. The number of aromatic nitrogens is 2. The minimum Gasteiger partial charge on any atom is -0.454 e. The monoisotopic (exact) mass is 424 g/mol. The highest BCUT2D eigenvalue weighted by atomic mass is 16.5. The average molecular weight is 425 g/mol. The van der Waals surface area contributed by atoms with Gasteiger partial charge in [-0.2, -0.15) is 0 Å². The summed E-state index contributed by atoms with van der Waals surface area (Å²) in [5, 5.41) is 0. The van der Waals surface area contributed by atoms with Crippen LogP contribution in [0.4, 0.5) is 0 Å². The summed E-state index contributed by atoms with van der Waals surface area (Å²) in [7, 11) is 1.99. The van der Waals surface area contributed by atoms with Gasteiger partial charge in [-0.3, -0.25) is 9.59 Å². The zero-order valence-corrected chi connectivity index (χ0v) is 19.4. The Balaban J connectivity index is 1.43. The van der Waals surface area contributed by atoms with Gasteiger partial charge in [-0.15, -0.1) is 0 Å². The van der Waals surface area contributed by atoms with E-state index in [0.717, 1.165) is 55.4 Å². The minimum absolute atomic E-state index is 0.182. The molecule has 4 rings (SSSR count). The van der Waals surface area contributed by atoms with Crippen molar-refractivity contribution in [2.75, 3.05) is 0 Å². The fourth-order valence-corrected chi connectivity index (χ4v) is 6.62. The van der Waals surface area contributed by atoms with Gasteiger partial charge in [0.2, 0.25) is 0 Å². The summed E-state index contributed by atoms with van der Waals surface area (Å²) < 4.78 is 7.75. The van der Waals surface area contributed by atoms with Crippen LogP contribution in [-0.4, -0.2) is 21.3 Å². The summed E-state index contributed by atoms with van der Waals surface area (Å²) >= 11 is 0. The number of hydrogen-bond donors (Lipinski definition) is 0. The maximum Gasteiger partial charge on any atom is 0.303 e. The smallest absolute Gasteiger partial charge is 0.303 e. The number of hydrogen-bond acceptors (Lipinski definition) is 4. The van der Waals surface area contributed by atoms with Gasteiger partial charge in [-0.25, -0.2) is 4.98 Å². The second kappa shape index (κ2) is 8.76. The standard InChI is InChI=1S/C26H36N2O3/c1-17(19-14-15-20-23(30)12-8-16-26(19,20)3)9-7-13-24(31-18(2)29)25-27-21-10-5-6-11-22(21)28(25)4/h5-6,10-11,17,19-20,24H,7-9,12-16H2,1-4H3/t17?,19-,20+,24?,26-/m1/s1. The molecule has 0 bridgehead atoms. The van der Waals surface area contributed by atoms with Gasteiger partial charge in [0, 0.05) is 26.3 Å². The largest absolute Gasteiger partial charge is 0.454 e. The fourth-order valence-electron chi connectivity index (χ4n) is 6.62. The minimum atomic E-state index is -0.328. The van der Waals surface area contributed by atoms with Crippen molar-refractivity contribution in [3.05, 3.63) is 30.1 Å². The third-order valence-electron chi connectivity index (χ3n) is 8.17. The molecular weight excluding hydrogens is 388 g/mol. The lowest BCUT2D eigenvalue weighted by atomic mass is 9.62. The van der Waals surface area contributed by atoms with Gasteiger partial charge in [-0.05, 0) is 67.9 Å². The summed E-state index contributed by atoms with van der Waals surface area (Å²) in [6, 6.07) is 8.02. The number of fused-ring (bicyclic) bond motifs is 2. The van der Waals surface area contributed by atoms with Gasteiger partial charge in [0.25, 0.3) is 0 Å². The van der Waals surface area contributed by atoms with Crippen LogP contribution in [0.25, 0.3) is 11.0 Å². The van der Waals surface area contributed by atoms with Crippen LogP contribution >= 0.6 is 0 Å². The Hall–Kier alpha value is -2.17. The number of imidazole rings is 1. The molecule has 0 aliphatic heterocycles. The van der Waals surface area contributed by atoms with E-state index in [-0.39, 0.29) is 23.4 Å². The van der Waals surface area contributed by atoms with Crippen LogP contribution < -0.4 is 0 Å². The van der Waals surface area contributed by atoms with Crippen LogP contribution in [0.3, 0.4) is 0 Å². The zero-order valence-electron chi connectivity index (χ0n) is 19.4.